The average Bonchev–Trinajstić information content (AvgIpc) is 2.51. The smallest absolute Gasteiger partial charge is 0.0693 e. The molecule has 4 heteroatoms. The minimum Gasteiger partial charge on any atom is -0.392 e. The molecule has 1 aliphatic carbocycles. The Balaban J connectivity index is 1.49. The number of aliphatic hydroxyl groups excluding tert-OH is 1. The Hall–Kier alpha value is -1.13. The number of rotatable bonds is 3. The Labute approximate surface area is 121 Å². The third-order valence-electron chi connectivity index (χ3n) is 4.70. The van der Waals surface area contributed by atoms with Gasteiger partial charge >= 0.3 is 0 Å². The number of aromatic nitrogens is 1. The Morgan fingerprint density at radius 2 is 1.75 bits per heavy atom. The summed E-state index contributed by atoms with van der Waals surface area (Å²) in [5.41, 5.74) is 1.27. The van der Waals surface area contributed by atoms with Crippen molar-refractivity contribution in [3.63, 3.8) is 0 Å². The van der Waals surface area contributed by atoms with Gasteiger partial charge in [0.15, 0.2) is 0 Å². The van der Waals surface area contributed by atoms with Gasteiger partial charge in [0, 0.05) is 43.3 Å². The highest BCUT2D eigenvalue weighted by Gasteiger charge is 2.27. The van der Waals surface area contributed by atoms with Crippen LogP contribution in [0.25, 0.3) is 0 Å². The number of anilines is 1. The van der Waals surface area contributed by atoms with E-state index in [1.807, 2.05) is 12.4 Å². The van der Waals surface area contributed by atoms with Crippen LogP contribution in [0, 0.1) is 0 Å². The van der Waals surface area contributed by atoms with Crippen molar-refractivity contribution in [2.24, 2.45) is 0 Å². The molecule has 3 rings (SSSR count). The van der Waals surface area contributed by atoms with E-state index in [-0.39, 0.29) is 6.10 Å². The zero-order valence-electron chi connectivity index (χ0n) is 12.0. The third-order valence-corrected chi connectivity index (χ3v) is 4.70. The van der Waals surface area contributed by atoms with Crippen LogP contribution in [0.2, 0.25) is 0 Å². The second-order valence-electron chi connectivity index (χ2n) is 6.09. The summed E-state index contributed by atoms with van der Waals surface area (Å²) in [4.78, 5) is 6.50. The molecule has 2 unspecified atom stereocenters. The number of nitrogens with one attached hydrogen (secondary N) is 1. The topological polar surface area (TPSA) is 48.4 Å². The average molecular weight is 275 g/mol. The van der Waals surface area contributed by atoms with E-state index in [1.54, 1.807) is 0 Å². The van der Waals surface area contributed by atoms with Gasteiger partial charge in [-0.25, -0.2) is 0 Å². The molecule has 20 heavy (non-hydrogen) atoms. The van der Waals surface area contributed by atoms with Gasteiger partial charge in [-0.1, -0.05) is 12.8 Å². The fourth-order valence-corrected chi connectivity index (χ4v) is 3.47. The number of piperidine rings is 1. The molecule has 2 fully saturated rings. The first kappa shape index (κ1) is 13.8. The number of hydrogen-bond acceptors (Lipinski definition) is 4. The summed E-state index contributed by atoms with van der Waals surface area (Å²) in [5, 5.41) is 13.7. The van der Waals surface area contributed by atoms with E-state index in [0.717, 1.165) is 38.8 Å². The van der Waals surface area contributed by atoms with Gasteiger partial charge in [-0.3, -0.25) is 4.98 Å². The summed E-state index contributed by atoms with van der Waals surface area (Å²) in [6.07, 6.45) is 10.4. The van der Waals surface area contributed by atoms with E-state index in [0.29, 0.717) is 12.1 Å². The Morgan fingerprint density at radius 1 is 1.05 bits per heavy atom. The lowest BCUT2D eigenvalue weighted by molar-refractivity contribution is 0.0828. The highest BCUT2D eigenvalue weighted by molar-refractivity contribution is 5.44. The molecule has 1 aliphatic heterocycles. The fourth-order valence-electron chi connectivity index (χ4n) is 3.47. The van der Waals surface area contributed by atoms with Crippen LogP contribution >= 0.6 is 0 Å². The largest absolute Gasteiger partial charge is 0.392 e. The van der Waals surface area contributed by atoms with Crippen LogP contribution in [0.1, 0.15) is 38.5 Å². The Bertz CT molecular complexity index is 403. The van der Waals surface area contributed by atoms with Gasteiger partial charge in [0.2, 0.25) is 0 Å². The molecule has 110 valence electrons. The molecule has 0 bridgehead atoms. The molecule has 0 amide bonds. The summed E-state index contributed by atoms with van der Waals surface area (Å²) in [5.74, 6) is 0. The molecule has 2 N–H and O–H groups in total. The number of aliphatic hydroxyl groups is 1. The van der Waals surface area contributed by atoms with Crippen molar-refractivity contribution in [2.75, 3.05) is 18.0 Å². The first-order chi connectivity index (χ1) is 9.83. The Morgan fingerprint density at radius 3 is 2.45 bits per heavy atom. The molecule has 2 heterocycles. The van der Waals surface area contributed by atoms with Crippen LogP contribution in [-0.2, 0) is 0 Å². The lowest BCUT2D eigenvalue weighted by atomic mass is 9.91. The zero-order chi connectivity index (χ0) is 13.8. The SMILES string of the molecule is OC1CCCCC1NC1CCN(c2ccncc2)CC1. The molecule has 1 aromatic heterocycles. The molecular weight excluding hydrogens is 250 g/mol. The monoisotopic (exact) mass is 275 g/mol. The molecule has 2 atom stereocenters. The molecule has 0 spiro atoms. The van der Waals surface area contributed by atoms with Gasteiger partial charge in [-0.15, -0.1) is 0 Å². The quantitative estimate of drug-likeness (QED) is 0.885. The molecule has 1 aromatic rings. The van der Waals surface area contributed by atoms with Crippen molar-refractivity contribution in [2.45, 2.75) is 56.7 Å². The molecule has 4 nitrogen and oxygen atoms in total. The van der Waals surface area contributed by atoms with Crippen molar-refractivity contribution < 1.29 is 5.11 Å². The molecule has 1 saturated carbocycles. The highest BCUT2D eigenvalue weighted by Crippen LogP contribution is 2.22. The van der Waals surface area contributed by atoms with Crippen LogP contribution in [0.3, 0.4) is 0 Å². The normalized spacial score (nSPS) is 28.6. The Kier molecular flexibility index (Phi) is 4.53. The predicted molar refractivity (Wildman–Crippen MR) is 80.9 cm³/mol. The van der Waals surface area contributed by atoms with Gasteiger partial charge in [0.25, 0.3) is 0 Å². The van der Waals surface area contributed by atoms with Crippen molar-refractivity contribution in [3.8, 4) is 0 Å². The van der Waals surface area contributed by atoms with E-state index < -0.39 is 0 Å². The summed E-state index contributed by atoms with van der Waals surface area (Å²) in [7, 11) is 0. The third kappa shape index (κ3) is 3.30. The van der Waals surface area contributed by atoms with Crippen molar-refractivity contribution in [1.29, 1.82) is 0 Å². The van der Waals surface area contributed by atoms with Crippen LogP contribution in [0.4, 0.5) is 5.69 Å². The van der Waals surface area contributed by atoms with E-state index in [9.17, 15) is 5.11 Å². The van der Waals surface area contributed by atoms with Crippen molar-refractivity contribution in [1.82, 2.24) is 10.3 Å². The van der Waals surface area contributed by atoms with E-state index in [2.05, 4.69) is 27.3 Å². The lowest BCUT2D eigenvalue weighted by Gasteiger charge is -2.38. The number of pyridine rings is 1. The van der Waals surface area contributed by atoms with Crippen molar-refractivity contribution in [3.05, 3.63) is 24.5 Å². The first-order valence-electron chi connectivity index (χ1n) is 7.92. The van der Waals surface area contributed by atoms with Crippen LogP contribution < -0.4 is 10.2 Å². The summed E-state index contributed by atoms with van der Waals surface area (Å²) in [6, 6.07) is 5.05. The summed E-state index contributed by atoms with van der Waals surface area (Å²) >= 11 is 0. The molecule has 1 saturated heterocycles. The fraction of sp³-hybridized carbons (Fsp3) is 0.688. The van der Waals surface area contributed by atoms with Gasteiger partial charge in [0.1, 0.15) is 0 Å². The molecule has 0 radical (unpaired) electrons. The van der Waals surface area contributed by atoms with Gasteiger partial charge in [-0.05, 0) is 37.8 Å². The number of nitrogens with zero attached hydrogens (tertiary/aromatic N) is 2. The second kappa shape index (κ2) is 6.55. The predicted octanol–water partition coefficient (Wildman–Crippen LogP) is 1.94. The molecule has 0 aromatic carbocycles. The second-order valence-corrected chi connectivity index (χ2v) is 6.09. The maximum Gasteiger partial charge on any atom is 0.0693 e. The van der Waals surface area contributed by atoms with E-state index >= 15 is 0 Å². The maximum absolute atomic E-state index is 10.0. The van der Waals surface area contributed by atoms with Crippen LogP contribution in [0.15, 0.2) is 24.5 Å². The van der Waals surface area contributed by atoms with Crippen molar-refractivity contribution >= 4 is 5.69 Å². The highest BCUT2D eigenvalue weighted by atomic mass is 16.3. The maximum atomic E-state index is 10.0. The summed E-state index contributed by atoms with van der Waals surface area (Å²) in [6.45, 7) is 2.18. The van der Waals surface area contributed by atoms with Crippen LogP contribution in [-0.4, -0.2) is 41.4 Å². The number of hydrogen-bond donors (Lipinski definition) is 2. The van der Waals surface area contributed by atoms with Gasteiger partial charge in [0.05, 0.1) is 6.10 Å². The minimum absolute atomic E-state index is 0.137. The zero-order valence-corrected chi connectivity index (χ0v) is 12.0. The van der Waals surface area contributed by atoms with E-state index in [1.165, 1.54) is 18.5 Å². The minimum atomic E-state index is -0.137. The standard InChI is InChI=1S/C16H25N3O/c20-16-4-2-1-3-15(16)18-13-7-11-19(12-8-13)14-5-9-17-10-6-14/h5-6,9-10,13,15-16,18,20H,1-4,7-8,11-12H2. The van der Waals surface area contributed by atoms with Gasteiger partial charge in [-0.2, -0.15) is 0 Å². The van der Waals surface area contributed by atoms with Gasteiger partial charge < -0.3 is 15.3 Å². The van der Waals surface area contributed by atoms with Crippen LogP contribution in [0.5, 0.6) is 0 Å². The van der Waals surface area contributed by atoms with E-state index in [4.69, 9.17) is 0 Å². The molecular formula is C16H25N3O. The summed E-state index contributed by atoms with van der Waals surface area (Å²) < 4.78 is 0. The lowest BCUT2D eigenvalue weighted by Crippen LogP contribution is -2.51. The molecule has 2 aliphatic rings. The first-order valence-corrected chi connectivity index (χ1v) is 7.92.